The van der Waals surface area contributed by atoms with Gasteiger partial charge in [0.25, 0.3) is 0 Å². The predicted molar refractivity (Wildman–Crippen MR) is 80.1 cm³/mol. The SMILES string of the molecule is CC(C)CCC(C)NS(=O)(=O)Cc1ccccc1N. The van der Waals surface area contributed by atoms with Crippen molar-refractivity contribution in [1.82, 2.24) is 4.72 Å². The fourth-order valence-electron chi connectivity index (χ4n) is 1.86. The van der Waals surface area contributed by atoms with Crippen LogP contribution >= 0.6 is 0 Å². The standard InChI is InChI=1S/C14H24N2O2S/c1-11(2)8-9-12(3)16-19(17,18)10-13-6-4-5-7-14(13)15/h4-7,11-12,16H,8-10,15H2,1-3H3. The van der Waals surface area contributed by atoms with Crippen LogP contribution in [-0.4, -0.2) is 14.5 Å². The highest BCUT2D eigenvalue weighted by Gasteiger charge is 2.16. The molecule has 0 aliphatic rings. The molecule has 19 heavy (non-hydrogen) atoms. The summed E-state index contributed by atoms with van der Waals surface area (Å²) in [6, 6.07) is 7.01. The van der Waals surface area contributed by atoms with Crippen LogP contribution in [0.5, 0.6) is 0 Å². The molecule has 3 N–H and O–H groups in total. The molecule has 108 valence electrons. The highest BCUT2D eigenvalue weighted by Crippen LogP contribution is 2.14. The van der Waals surface area contributed by atoms with Crippen molar-refractivity contribution in [3.8, 4) is 0 Å². The smallest absolute Gasteiger partial charge is 0.216 e. The van der Waals surface area contributed by atoms with E-state index in [1.807, 2.05) is 6.92 Å². The lowest BCUT2D eigenvalue weighted by atomic mass is 10.1. The predicted octanol–water partition coefficient (Wildman–Crippen LogP) is 2.51. The van der Waals surface area contributed by atoms with E-state index in [1.165, 1.54) is 0 Å². The first-order valence-electron chi connectivity index (χ1n) is 6.63. The Morgan fingerprint density at radius 2 is 1.79 bits per heavy atom. The molecule has 1 rings (SSSR count). The maximum absolute atomic E-state index is 12.0. The van der Waals surface area contributed by atoms with Gasteiger partial charge in [0, 0.05) is 11.7 Å². The van der Waals surface area contributed by atoms with Gasteiger partial charge in [0.1, 0.15) is 0 Å². The Morgan fingerprint density at radius 3 is 2.37 bits per heavy atom. The van der Waals surface area contributed by atoms with E-state index in [-0.39, 0.29) is 11.8 Å². The molecule has 1 aromatic rings. The molecule has 5 heteroatoms. The minimum absolute atomic E-state index is 0.0441. The maximum atomic E-state index is 12.0. The van der Waals surface area contributed by atoms with Gasteiger partial charge >= 0.3 is 0 Å². The Kier molecular flexibility index (Phi) is 5.82. The second kappa shape index (κ2) is 6.91. The summed E-state index contributed by atoms with van der Waals surface area (Å²) in [6.07, 6.45) is 1.86. The summed E-state index contributed by atoms with van der Waals surface area (Å²) < 4.78 is 26.8. The summed E-state index contributed by atoms with van der Waals surface area (Å²) in [5.41, 5.74) is 6.93. The van der Waals surface area contributed by atoms with Gasteiger partial charge in [0.15, 0.2) is 0 Å². The summed E-state index contributed by atoms with van der Waals surface area (Å²) in [7, 11) is -3.33. The summed E-state index contributed by atoms with van der Waals surface area (Å²) in [4.78, 5) is 0. The Bertz CT molecular complexity index is 498. The molecule has 0 radical (unpaired) electrons. The van der Waals surface area contributed by atoms with Gasteiger partial charge in [-0.1, -0.05) is 32.0 Å². The van der Waals surface area contributed by atoms with Gasteiger partial charge in [-0.05, 0) is 37.3 Å². The van der Waals surface area contributed by atoms with Gasteiger partial charge in [-0.15, -0.1) is 0 Å². The molecule has 0 bridgehead atoms. The molecule has 0 spiro atoms. The zero-order valence-corrected chi connectivity index (χ0v) is 12.7. The lowest BCUT2D eigenvalue weighted by molar-refractivity contribution is 0.485. The van der Waals surface area contributed by atoms with E-state index in [9.17, 15) is 8.42 Å². The number of nitrogen functional groups attached to an aromatic ring is 1. The van der Waals surface area contributed by atoms with Crippen molar-refractivity contribution in [2.24, 2.45) is 5.92 Å². The van der Waals surface area contributed by atoms with E-state index in [2.05, 4.69) is 18.6 Å². The molecule has 0 saturated carbocycles. The summed E-state index contributed by atoms with van der Waals surface area (Å²) in [5.74, 6) is 0.517. The molecular formula is C14H24N2O2S. The van der Waals surface area contributed by atoms with Crippen molar-refractivity contribution in [2.75, 3.05) is 5.73 Å². The number of sulfonamides is 1. The molecule has 0 amide bonds. The number of anilines is 1. The third kappa shape index (κ3) is 6.07. The number of hydrogen-bond acceptors (Lipinski definition) is 3. The first-order chi connectivity index (χ1) is 8.80. The highest BCUT2D eigenvalue weighted by molar-refractivity contribution is 7.88. The van der Waals surface area contributed by atoms with E-state index in [4.69, 9.17) is 5.73 Å². The van der Waals surface area contributed by atoms with E-state index in [0.717, 1.165) is 12.8 Å². The van der Waals surface area contributed by atoms with Gasteiger partial charge in [-0.25, -0.2) is 13.1 Å². The molecule has 1 atom stereocenters. The third-order valence-corrected chi connectivity index (χ3v) is 4.41. The molecule has 0 aliphatic carbocycles. The fourth-order valence-corrected chi connectivity index (χ4v) is 3.35. The largest absolute Gasteiger partial charge is 0.398 e. The van der Waals surface area contributed by atoms with Crippen molar-refractivity contribution < 1.29 is 8.42 Å². The zero-order valence-electron chi connectivity index (χ0n) is 11.9. The van der Waals surface area contributed by atoms with E-state index >= 15 is 0 Å². The van der Waals surface area contributed by atoms with Crippen LogP contribution in [0, 0.1) is 5.92 Å². The minimum Gasteiger partial charge on any atom is -0.398 e. The molecule has 1 unspecified atom stereocenters. The number of rotatable bonds is 7. The van der Waals surface area contributed by atoms with Crippen LogP contribution in [0.3, 0.4) is 0 Å². The van der Waals surface area contributed by atoms with Gasteiger partial charge in [-0.3, -0.25) is 0 Å². The molecule has 0 aliphatic heterocycles. The molecule has 0 heterocycles. The van der Waals surface area contributed by atoms with Gasteiger partial charge in [-0.2, -0.15) is 0 Å². The number of para-hydroxylation sites is 1. The first-order valence-corrected chi connectivity index (χ1v) is 8.29. The Morgan fingerprint density at radius 1 is 1.16 bits per heavy atom. The third-order valence-electron chi connectivity index (χ3n) is 2.96. The topological polar surface area (TPSA) is 72.2 Å². The summed E-state index contributed by atoms with van der Waals surface area (Å²) in [6.45, 7) is 6.16. The average molecular weight is 284 g/mol. The van der Waals surface area contributed by atoms with Crippen molar-refractivity contribution in [3.05, 3.63) is 29.8 Å². The normalized spacial score (nSPS) is 13.7. The number of benzene rings is 1. The van der Waals surface area contributed by atoms with E-state index in [0.29, 0.717) is 17.2 Å². The molecule has 4 nitrogen and oxygen atoms in total. The molecule has 0 saturated heterocycles. The van der Waals surface area contributed by atoms with Crippen molar-refractivity contribution in [3.63, 3.8) is 0 Å². The molecular weight excluding hydrogens is 260 g/mol. The van der Waals surface area contributed by atoms with Crippen molar-refractivity contribution >= 4 is 15.7 Å². The lowest BCUT2D eigenvalue weighted by Crippen LogP contribution is -2.33. The second-order valence-electron chi connectivity index (χ2n) is 5.45. The monoisotopic (exact) mass is 284 g/mol. The summed E-state index contributed by atoms with van der Waals surface area (Å²) >= 11 is 0. The molecule has 0 aromatic heterocycles. The highest BCUT2D eigenvalue weighted by atomic mass is 32.2. The van der Waals surface area contributed by atoms with Crippen molar-refractivity contribution in [2.45, 2.75) is 45.4 Å². The van der Waals surface area contributed by atoms with Crippen LogP contribution in [-0.2, 0) is 15.8 Å². The van der Waals surface area contributed by atoms with E-state index in [1.54, 1.807) is 24.3 Å². The van der Waals surface area contributed by atoms with Crippen LogP contribution in [0.2, 0.25) is 0 Å². The van der Waals surface area contributed by atoms with Crippen molar-refractivity contribution in [1.29, 1.82) is 0 Å². The maximum Gasteiger partial charge on any atom is 0.216 e. The van der Waals surface area contributed by atoms with Crippen LogP contribution in [0.4, 0.5) is 5.69 Å². The summed E-state index contributed by atoms with van der Waals surface area (Å²) in [5, 5.41) is 0. The van der Waals surface area contributed by atoms with Crippen LogP contribution in [0.1, 0.15) is 39.2 Å². The first kappa shape index (κ1) is 16.0. The quantitative estimate of drug-likeness (QED) is 0.756. The Labute approximate surface area is 116 Å². The number of nitrogens with one attached hydrogen (secondary N) is 1. The second-order valence-corrected chi connectivity index (χ2v) is 7.20. The molecule has 1 aromatic carbocycles. The minimum atomic E-state index is -3.33. The van der Waals surface area contributed by atoms with Gasteiger partial charge < -0.3 is 5.73 Å². The van der Waals surface area contributed by atoms with Crippen LogP contribution < -0.4 is 10.5 Å². The lowest BCUT2D eigenvalue weighted by Gasteiger charge is -2.15. The average Bonchev–Trinajstić information content (AvgIpc) is 2.28. The zero-order chi connectivity index (χ0) is 14.5. The van der Waals surface area contributed by atoms with Gasteiger partial charge in [0.05, 0.1) is 5.75 Å². The Balaban J connectivity index is 2.59. The number of nitrogens with two attached hydrogens (primary N) is 1. The Hall–Kier alpha value is -1.07. The van der Waals surface area contributed by atoms with Crippen LogP contribution in [0.15, 0.2) is 24.3 Å². The molecule has 0 fully saturated rings. The van der Waals surface area contributed by atoms with E-state index < -0.39 is 10.0 Å². The van der Waals surface area contributed by atoms with Gasteiger partial charge in [0.2, 0.25) is 10.0 Å². The van der Waals surface area contributed by atoms with Crippen LogP contribution in [0.25, 0.3) is 0 Å². The fraction of sp³-hybridized carbons (Fsp3) is 0.571. The number of hydrogen-bond donors (Lipinski definition) is 2.